The molecule has 0 amide bonds. The minimum atomic E-state index is 0.104. The lowest BCUT2D eigenvalue weighted by Crippen LogP contribution is -2.23. The molecule has 0 saturated heterocycles. The Morgan fingerprint density at radius 2 is 1.83 bits per heavy atom. The van der Waals surface area contributed by atoms with Gasteiger partial charge in [0.1, 0.15) is 23.6 Å². The van der Waals surface area contributed by atoms with Gasteiger partial charge in [-0.3, -0.25) is 4.90 Å². The van der Waals surface area contributed by atoms with Crippen LogP contribution >= 0.6 is 0 Å². The third-order valence-corrected chi connectivity index (χ3v) is 5.17. The molecule has 0 aliphatic carbocycles. The number of aromatic nitrogens is 3. The van der Waals surface area contributed by atoms with E-state index in [1.807, 2.05) is 31.3 Å². The molecule has 0 radical (unpaired) electrons. The van der Waals surface area contributed by atoms with Crippen molar-refractivity contribution in [2.24, 2.45) is 0 Å². The van der Waals surface area contributed by atoms with Crippen LogP contribution in [0.4, 0.5) is 5.82 Å². The van der Waals surface area contributed by atoms with Crippen molar-refractivity contribution < 1.29 is 4.52 Å². The standard InChI is InChI=1S/C23H25N5O/c1-16-8-10-18(11-9-16)14-24-23-19-6-4-5-7-21(19)25-22(26-23)15-28(3)17(2)20-12-13-29-27-20/h4-13,17H,14-15H2,1-3H3,(H,24,25,26). The topological polar surface area (TPSA) is 67.1 Å². The van der Waals surface area contributed by atoms with Crippen molar-refractivity contribution in [1.29, 1.82) is 0 Å². The lowest BCUT2D eigenvalue weighted by Gasteiger charge is -2.22. The average molecular weight is 387 g/mol. The van der Waals surface area contributed by atoms with E-state index in [-0.39, 0.29) is 6.04 Å². The summed E-state index contributed by atoms with van der Waals surface area (Å²) in [6, 6.07) is 18.6. The van der Waals surface area contributed by atoms with Crippen molar-refractivity contribution in [1.82, 2.24) is 20.0 Å². The van der Waals surface area contributed by atoms with Crippen LogP contribution in [0, 0.1) is 6.92 Å². The molecule has 6 nitrogen and oxygen atoms in total. The fraction of sp³-hybridized carbons (Fsp3) is 0.261. The Morgan fingerprint density at radius 3 is 2.59 bits per heavy atom. The van der Waals surface area contributed by atoms with E-state index in [0.717, 1.165) is 28.2 Å². The Hall–Kier alpha value is -3.25. The van der Waals surface area contributed by atoms with E-state index in [1.165, 1.54) is 11.1 Å². The van der Waals surface area contributed by atoms with Crippen LogP contribution in [0.3, 0.4) is 0 Å². The van der Waals surface area contributed by atoms with Gasteiger partial charge in [-0.15, -0.1) is 0 Å². The third-order valence-electron chi connectivity index (χ3n) is 5.17. The molecule has 0 aliphatic heterocycles. The summed E-state index contributed by atoms with van der Waals surface area (Å²) in [4.78, 5) is 11.8. The van der Waals surface area contributed by atoms with Crippen molar-refractivity contribution >= 4 is 16.7 Å². The molecule has 0 fully saturated rings. The zero-order chi connectivity index (χ0) is 20.2. The number of nitrogens with one attached hydrogen (secondary N) is 1. The summed E-state index contributed by atoms with van der Waals surface area (Å²) in [6.45, 7) is 5.51. The normalized spacial score (nSPS) is 12.4. The minimum absolute atomic E-state index is 0.104. The van der Waals surface area contributed by atoms with E-state index in [1.54, 1.807) is 6.26 Å². The zero-order valence-electron chi connectivity index (χ0n) is 17.0. The van der Waals surface area contributed by atoms with Gasteiger partial charge in [-0.2, -0.15) is 0 Å². The largest absolute Gasteiger partial charge is 0.365 e. The first-order valence-corrected chi connectivity index (χ1v) is 9.76. The van der Waals surface area contributed by atoms with Gasteiger partial charge in [0.25, 0.3) is 0 Å². The highest BCUT2D eigenvalue weighted by Gasteiger charge is 2.17. The highest BCUT2D eigenvalue weighted by atomic mass is 16.5. The van der Waals surface area contributed by atoms with Crippen molar-refractivity contribution in [3.05, 3.63) is 83.5 Å². The van der Waals surface area contributed by atoms with Gasteiger partial charge >= 0.3 is 0 Å². The van der Waals surface area contributed by atoms with E-state index < -0.39 is 0 Å². The molecular weight excluding hydrogens is 362 g/mol. The molecule has 2 heterocycles. The molecule has 1 N–H and O–H groups in total. The predicted molar refractivity (Wildman–Crippen MR) is 114 cm³/mol. The average Bonchev–Trinajstić information content (AvgIpc) is 3.27. The molecule has 1 unspecified atom stereocenters. The summed E-state index contributed by atoms with van der Waals surface area (Å²) >= 11 is 0. The monoisotopic (exact) mass is 387 g/mol. The summed E-state index contributed by atoms with van der Waals surface area (Å²) in [6.07, 6.45) is 1.60. The molecule has 148 valence electrons. The maximum atomic E-state index is 4.98. The number of rotatable bonds is 7. The molecule has 4 aromatic rings. The van der Waals surface area contributed by atoms with Gasteiger partial charge in [-0.25, -0.2) is 9.97 Å². The SMILES string of the molecule is Cc1ccc(CNc2nc(CN(C)C(C)c3ccon3)nc3ccccc23)cc1. The molecule has 2 aromatic heterocycles. The predicted octanol–water partition coefficient (Wildman–Crippen LogP) is 4.73. The number of anilines is 1. The maximum Gasteiger partial charge on any atom is 0.145 e. The Bertz CT molecular complexity index is 1080. The number of hydrogen-bond donors (Lipinski definition) is 1. The van der Waals surface area contributed by atoms with Gasteiger partial charge in [-0.05, 0) is 38.6 Å². The molecule has 0 aliphatic rings. The van der Waals surface area contributed by atoms with E-state index in [0.29, 0.717) is 13.1 Å². The van der Waals surface area contributed by atoms with Gasteiger partial charge in [0.15, 0.2) is 0 Å². The third kappa shape index (κ3) is 4.43. The number of nitrogens with zero attached hydrogens (tertiary/aromatic N) is 4. The van der Waals surface area contributed by atoms with Gasteiger partial charge in [0.05, 0.1) is 18.1 Å². The minimum Gasteiger partial charge on any atom is -0.365 e. The molecule has 0 bridgehead atoms. The number of hydrogen-bond acceptors (Lipinski definition) is 6. The van der Waals surface area contributed by atoms with Crippen LogP contribution in [0.2, 0.25) is 0 Å². The maximum absolute atomic E-state index is 4.98. The molecule has 0 saturated carbocycles. The van der Waals surface area contributed by atoms with Gasteiger partial charge in [-0.1, -0.05) is 47.1 Å². The van der Waals surface area contributed by atoms with Crippen LogP contribution < -0.4 is 5.32 Å². The number of para-hydroxylation sites is 1. The second kappa shape index (κ2) is 8.41. The molecule has 2 aromatic carbocycles. The van der Waals surface area contributed by atoms with Crippen molar-refractivity contribution in [2.45, 2.75) is 33.0 Å². The van der Waals surface area contributed by atoms with Crippen molar-refractivity contribution in [3.8, 4) is 0 Å². The summed E-state index contributed by atoms with van der Waals surface area (Å²) in [5, 5.41) is 8.57. The molecule has 0 spiro atoms. The Morgan fingerprint density at radius 1 is 1.03 bits per heavy atom. The highest BCUT2D eigenvalue weighted by Crippen LogP contribution is 2.23. The van der Waals surface area contributed by atoms with Crippen molar-refractivity contribution in [2.75, 3.05) is 12.4 Å². The van der Waals surface area contributed by atoms with Crippen LogP contribution in [-0.4, -0.2) is 27.1 Å². The molecule has 6 heteroatoms. The van der Waals surface area contributed by atoms with Crippen LogP contribution in [0.1, 0.15) is 35.6 Å². The fourth-order valence-corrected chi connectivity index (χ4v) is 3.25. The number of benzene rings is 2. The summed E-state index contributed by atoms with van der Waals surface area (Å²) < 4.78 is 4.98. The van der Waals surface area contributed by atoms with E-state index in [4.69, 9.17) is 14.5 Å². The smallest absolute Gasteiger partial charge is 0.145 e. The summed E-state index contributed by atoms with van der Waals surface area (Å²) in [5.74, 6) is 1.63. The number of fused-ring (bicyclic) bond motifs is 1. The zero-order valence-corrected chi connectivity index (χ0v) is 17.0. The van der Waals surface area contributed by atoms with Gasteiger partial charge < -0.3 is 9.84 Å². The first-order valence-electron chi connectivity index (χ1n) is 9.76. The van der Waals surface area contributed by atoms with Gasteiger partial charge in [0.2, 0.25) is 0 Å². The van der Waals surface area contributed by atoms with Crippen molar-refractivity contribution in [3.63, 3.8) is 0 Å². The van der Waals surface area contributed by atoms with Crippen LogP contribution in [0.15, 0.2) is 65.4 Å². The Labute approximate surface area is 170 Å². The number of aryl methyl sites for hydroxylation is 1. The Balaban J connectivity index is 1.57. The van der Waals surface area contributed by atoms with E-state index >= 15 is 0 Å². The Kier molecular flexibility index (Phi) is 5.53. The lowest BCUT2D eigenvalue weighted by molar-refractivity contribution is 0.235. The second-order valence-corrected chi connectivity index (χ2v) is 7.36. The molecule has 1 atom stereocenters. The van der Waals surface area contributed by atoms with E-state index in [2.05, 4.69) is 59.6 Å². The van der Waals surface area contributed by atoms with Crippen LogP contribution in [0.25, 0.3) is 10.9 Å². The highest BCUT2D eigenvalue weighted by molar-refractivity contribution is 5.88. The van der Waals surface area contributed by atoms with Crippen LogP contribution in [0.5, 0.6) is 0 Å². The fourth-order valence-electron chi connectivity index (χ4n) is 3.25. The first-order chi connectivity index (χ1) is 14.1. The first kappa shape index (κ1) is 19.1. The van der Waals surface area contributed by atoms with Crippen LogP contribution in [-0.2, 0) is 13.1 Å². The molecular formula is C23H25N5O. The lowest BCUT2D eigenvalue weighted by atomic mass is 10.1. The second-order valence-electron chi connectivity index (χ2n) is 7.36. The summed E-state index contributed by atoms with van der Waals surface area (Å²) in [7, 11) is 2.04. The van der Waals surface area contributed by atoms with E-state index in [9.17, 15) is 0 Å². The van der Waals surface area contributed by atoms with Gasteiger partial charge in [0, 0.05) is 18.0 Å². The quantitative estimate of drug-likeness (QED) is 0.494. The molecule has 29 heavy (non-hydrogen) atoms. The molecule has 4 rings (SSSR count). The summed E-state index contributed by atoms with van der Waals surface area (Å²) in [5.41, 5.74) is 4.31.